The zero-order valence-electron chi connectivity index (χ0n) is 21.4. The number of fused-ring (bicyclic) bond motifs is 2. The average Bonchev–Trinajstić information content (AvgIpc) is 3.25. The smallest absolute Gasteiger partial charge is 0.130 e. The zero-order valence-corrected chi connectivity index (χ0v) is 23.0. The minimum atomic E-state index is 0.173. The number of hydrogen-bond donors (Lipinski definition) is 1. The number of nitrogens with one attached hydrogen (secondary N) is 1. The maximum absolute atomic E-state index is 6.65. The van der Waals surface area contributed by atoms with Gasteiger partial charge in [0.15, 0.2) is 0 Å². The van der Waals surface area contributed by atoms with Gasteiger partial charge in [-0.1, -0.05) is 25.4 Å². The first kappa shape index (κ1) is 23.7. The van der Waals surface area contributed by atoms with Gasteiger partial charge in [0.2, 0.25) is 0 Å². The maximum Gasteiger partial charge on any atom is 0.130 e. The first-order valence-corrected chi connectivity index (χ1v) is 14.2. The van der Waals surface area contributed by atoms with Crippen LogP contribution in [0.1, 0.15) is 57.0 Å². The van der Waals surface area contributed by atoms with Gasteiger partial charge in [0, 0.05) is 58.9 Å². The third-order valence-corrected chi connectivity index (χ3v) is 10.5. The molecule has 3 aromatic rings. The molecule has 2 aromatic heterocycles. The number of hydrogen-bond acceptors (Lipinski definition) is 5. The second kappa shape index (κ2) is 8.72. The molecule has 6 rings (SSSR count). The van der Waals surface area contributed by atoms with Crippen molar-refractivity contribution in [3.63, 3.8) is 0 Å². The van der Waals surface area contributed by atoms with E-state index >= 15 is 0 Å². The highest BCUT2D eigenvalue weighted by Crippen LogP contribution is 2.63. The zero-order chi connectivity index (χ0) is 24.5. The molecule has 186 valence electrons. The summed E-state index contributed by atoms with van der Waals surface area (Å²) in [5.41, 5.74) is 4.93. The molecule has 5 unspecified atom stereocenters. The second-order valence-electron chi connectivity index (χ2n) is 11.6. The largest absolute Gasteiger partial charge is 0.488 e. The van der Waals surface area contributed by atoms with Crippen molar-refractivity contribution in [2.24, 2.45) is 17.3 Å². The van der Waals surface area contributed by atoms with Gasteiger partial charge in [-0.25, -0.2) is 0 Å². The van der Waals surface area contributed by atoms with Crippen LogP contribution in [0.2, 0.25) is 5.02 Å². The van der Waals surface area contributed by atoms with Crippen LogP contribution in [0.4, 0.5) is 0 Å². The number of aromatic nitrogens is 1. The third-order valence-electron chi connectivity index (χ3n) is 8.97. The van der Waals surface area contributed by atoms with Crippen LogP contribution in [0, 0.1) is 24.2 Å². The topological polar surface area (TPSA) is 37.4 Å². The molecule has 1 saturated carbocycles. The molecule has 6 heteroatoms. The van der Waals surface area contributed by atoms with E-state index in [4.69, 9.17) is 21.3 Å². The molecule has 4 nitrogen and oxygen atoms in total. The molecule has 0 radical (unpaired) electrons. The highest BCUT2D eigenvalue weighted by Gasteiger charge is 2.62. The predicted octanol–water partition coefficient (Wildman–Crippen LogP) is 7.09. The third kappa shape index (κ3) is 4.19. The van der Waals surface area contributed by atoms with Gasteiger partial charge in [-0.3, -0.25) is 9.88 Å². The minimum absolute atomic E-state index is 0.173. The van der Waals surface area contributed by atoms with Gasteiger partial charge >= 0.3 is 0 Å². The van der Waals surface area contributed by atoms with Crippen molar-refractivity contribution in [3.05, 3.63) is 45.9 Å². The standard InChI is InChI=1S/C29H36ClN3OS/c1-16-10-19(30)11-22(27(16)34-20-7-6-17(2)32-13-20)21-8-9-31-25-12-26(35-28(21)25)18(3)33-14-23-24(15-33)29(23,4)5/h8-12,17-18,20,23-24,32H,6-7,13-15H2,1-5H3. The van der Waals surface area contributed by atoms with Crippen molar-refractivity contribution < 1.29 is 4.74 Å². The van der Waals surface area contributed by atoms with Crippen molar-refractivity contribution >= 4 is 33.2 Å². The summed E-state index contributed by atoms with van der Waals surface area (Å²) in [6.45, 7) is 14.9. The average molecular weight is 510 g/mol. The number of rotatable bonds is 5. The van der Waals surface area contributed by atoms with Crippen molar-refractivity contribution in [2.45, 2.75) is 65.6 Å². The van der Waals surface area contributed by atoms with E-state index in [9.17, 15) is 0 Å². The molecular weight excluding hydrogens is 474 g/mol. The molecule has 1 aliphatic carbocycles. The first-order valence-electron chi connectivity index (χ1n) is 13.1. The van der Waals surface area contributed by atoms with Gasteiger partial charge in [-0.2, -0.15) is 0 Å². The predicted molar refractivity (Wildman–Crippen MR) is 147 cm³/mol. The van der Waals surface area contributed by atoms with Gasteiger partial charge in [0.25, 0.3) is 0 Å². The summed E-state index contributed by atoms with van der Waals surface area (Å²) in [5, 5.41) is 4.31. The molecule has 0 bridgehead atoms. The molecule has 0 amide bonds. The molecule has 3 aliphatic rings. The number of thiophene rings is 1. The number of aryl methyl sites for hydroxylation is 1. The molecule has 5 atom stereocenters. The lowest BCUT2D eigenvalue weighted by Gasteiger charge is -2.29. The molecular formula is C29H36ClN3OS. The summed E-state index contributed by atoms with van der Waals surface area (Å²) in [4.78, 5) is 8.81. The maximum atomic E-state index is 6.65. The Morgan fingerprint density at radius 3 is 2.66 bits per heavy atom. The lowest BCUT2D eigenvalue weighted by atomic mass is 10.0. The Kier molecular flexibility index (Phi) is 5.91. The normalized spacial score (nSPS) is 28.7. The van der Waals surface area contributed by atoms with Crippen LogP contribution < -0.4 is 10.1 Å². The first-order chi connectivity index (χ1) is 16.7. The van der Waals surface area contributed by atoms with E-state index in [1.165, 1.54) is 28.2 Å². The Bertz CT molecular complexity index is 1250. The van der Waals surface area contributed by atoms with Crippen molar-refractivity contribution in [1.82, 2.24) is 15.2 Å². The Hall–Kier alpha value is -1.66. The summed E-state index contributed by atoms with van der Waals surface area (Å²) in [7, 11) is 0. The second-order valence-corrected chi connectivity index (χ2v) is 13.1. The highest BCUT2D eigenvalue weighted by molar-refractivity contribution is 7.19. The summed E-state index contributed by atoms with van der Waals surface area (Å²) < 4.78 is 7.87. The van der Waals surface area contributed by atoms with Crippen LogP contribution >= 0.6 is 22.9 Å². The lowest BCUT2D eigenvalue weighted by Crippen LogP contribution is -2.42. The fourth-order valence-electron chi connectivity index (χ4n) is 6.36. The summed E-state index contributed by atoms with van der Waals surface area (Å²) in [5.74, 6) is 2.67. The molecule has 1 N–H and O–H groups in total. The summed E-state index contributed by atoms with van der Waals surface area (Å²) >= 11 is 8.46. The van der Waals surface area contributed by atoms with Crippen molar-refractivity contribution in [2.75, 3.05) is 19.6 Å². The number of piperidine rings is 2. The number of ether oxygens (including phenoxy) is 1. The number of likely N-dealkylation sites (tertiary alicyclic amines) is 1. The Morgan fingerprint density at radius 2 is 1.94 bits per heavy atom. The highest BCUT2D eigenvalue weighted by atomic mass is 35.5. The monoisotopic (exact) mass is 509 g/mol. The van der Waals surface area contributed by atoms with E-state index in [1.807, 2.05) is 23.6 Å². The van der Waals surface area contributed by atoms with Crippen LogP contribution in [0.5, 0.6) is 5.75 Å². The van der Waals surface area contributed by atoms with E-state index in [0.29, 0.717) is 17.5 Å². The van der Waals surface area contributed by atoms with Crippen LogP contribution in [-0.4, -0.2) is 41.7 Å². The minimum Gasteiger partial charge on any atom is -0.488 e. The molecule has 2 aliphatic heterocycles. The molecule has 2 saturated heterocycles. The summed E-state index contributed by atoms with van der Waals surface area (Å²) in [6.07, 6.45) is 4.30. The number of halogens is 1. The number of benzene rings is 1. The van der Waals surface area contributed by atoms with E-state index in [2.05, 4.69) is 63.0 Å². The van der Waals surface area contributed by atoms with Crippen LogP contribution in [0.15, 0.2) is 30.5 Å². The molecule has 4 heterocycles. The van der Waals surface area contributed by atoms with E-state index in [-0.39, 0.29) is 6.10 Å². The van der Waals surface area contributed by atoms with Crippen molar-refractivity contribution in [1.29, 1.82) is 0 Å². The summed E-state index contributed by atoms with van der Waals surface area (Å²) in [6, 6.07) is 9.47. The lowest BCUT2D eigenvalue weighted by molar-refractivity contribution is 0.152. The fourth-order valence-corrected chi connectivity index (χ4v) is 7.86. The number of pyridine rings is 1. The quantitative estimate of drug-likeness (QED) is 0.398. The van der Waals surface area contributed by atoms with E-state index in [0.717, 1.165) is 58.6 Å². The fraction of sp³-hybridized carbons (Fsp3) is 0.552. The molecule has 35 heavy (non-hydrogen) atoms. The molecule has 1 aromatic carbocycles. The number of nitrogens with zero attached hydrogens (tertiary/aromatic N) is 2. The van der Waals surface area contributed by atoms with Gasteiger partial charge in [-0.15, -0.1) is 11.3 Å². The van der Waals surface area contributed by atoms with E-state index < -0.39 is 0 Å². The molecule has 3 fully saturated rings. The Balaban J connectivity index is 1.33. The van der Waals surface area contributed by atoms with Gasteiger partial charge in [0.1, 0.15) is 11.9 Å². The van der Waals surface area contributed by atoms with Gasteiger partial charge in [-0.05, 0) is 80.7 Å². The SMILES string of the molecule is Cc1cc(Cl)cc(-c2ccnc3cc(C(C)N4CC5C(C4)C5(C)C)sc23)c1OC1CCC(C)NC1. The van der Waals surface area contributed by atoms with Crippen LogP contribution in [-0.2, 0) is 0 Å². The molecule has 0 spiro atoms. The van der Waals surface area contributed by atoms with Crippen LogP contribution in [0.3, 0.4) is 0 Å². The Morgan fingerprint density at radius 1 is 1.17 bits per heavy atom. The van der Waals surface area contributed by atoms with Crippen LogP contribution in [0.25, 0.3) is 21.3 Å². The Labute approximate surface area is 218 Å². The van der Waals surface area contributed by atoms with Gasteiger partial charge < -0.3 is 10.1 Å². The van der Waals surface area contributed by atoms with Crippen molar-refractivity contribution in [3.8, 4) is 16.9 Å². The van der Waals surface area contributed by atoms with E-state index in [1.54, 1.807) is 0 Å². The van der Waals surface area contributed by atoms with Gasteiger partial charge in [0.05, 0.1) is 10.2 Å².